The second kappa shape index (κ2) is 8.01. The van der Waals surface area contributed by atoms with Gasteiger partial charge in [0.25, 0.3) is 0 Å². The Morgan fingerprint density at radius 3 is 2.19 bits per heavy atom. The average Bonchev–Trinajstić information content (AvgIpc) is 2.98. The van der Waals surface area contributed by atoms with E-state index in [0.717, 1.165) is 22.3 Å². The Kier molecular flexibility index (Phi) is 5.71. The van der Waals surface area contributed by atoms with Gasteiger partial charge in [0, 0.05) is 11.8 Å². The van der Waals surface area contributed by atoms with Crippen molar-refractivity contribution in [3.05, 3.63) is 59.7 Å². The fourth-order valence-electron chi connectivity index (χ4n) is 3.50. The molecule has 0 fully saturated rings. The van der Waals surface area contributed by atoms with E-state index < -0.39 is 17.6 Å². The lowest BCUT2D eigenvalue weighted by molar-refractivity contribution is -0.144. The van der Waals surface area contributed by atoms with E-state index in [-0.39, 0.29) is 18.9 Å². The molecule has 2 aromatic rings. The third-order valence-corrected chi connectivity index (χ3v) is 5.27. The Morgan fingerprint density at radius 2 is 1.67 bits per heavy atom. The second-order valence-corrected chi connectivity index (χ2v) is 7.26. The van der Waals surface area contributed by atoms with Crippen LogP contribution in [0.25, 0.3) is 11.1 Å². The van der Waals surface area contributed by atoms with Crippen molar-refractivity contribution in [1.29, 1.82) is 0 Å². The summed E-state index contributed by atoms with van der Waals surface area (Å²) in [6, 6.07) is 16.1. The van der Waals surface area contributed by atoms with Gasteiger partial charge < -0.3 is 15.2 Å². The molecule has 27 heavy (non-hydrogen) atoms. The molecular formula is C21H22ClNO4. The molecule has 0 bridgehead atoms. The molecule has 1 atom stereocenters. The predicted octanol–water partition coefficient (Wildman–Crippen LogP) is 4.39. The van der Waals surface area contributed by atoms with E-state index >= 15 is 0 Å². The number of nitrogens with one attached hydrogen (secondary N) is 1. The van der Waals surface area contributed by atoms with E-state index in [4.69, 9.17) is 16.3 Å². The molecule has 0 radical (unpaired) electrons. The van der Waals surface area contributed by atoms with Crippen LogP contribution in [0.2, 0.25) is 0 Å². The van der Waals surface area contributed by atoms with Gasteiger partial charge in [0.05, 0.1) is 0 Å². The minimum atomic E-state index is -1.41. The average molecular weight is 388 g/mol. The van der Waals surface area contributed by atoms with Crippen molar-refractivity contribution in [2.45, 2.75) is 31.2 Å². The van der Waals surface area contributed by atoms with Gasteiger partial charge in [-0.3, -0.25) is 0 Å². The molecule has 142 valence electrons. The van der Waals surface area contributed by atoms with Crippen molar-refractivity contribution in [2.75, 3.05) is 12.5 Å². The Balaban J connectivity index is 1.71. The Bertz CT molecular complexity index is 808. The third kappa shape index (κ3) is 3.93. The lowest BCUT2D eigenvalue weighted by Gasteiger charge is -2.26. The van der Waals surface area contributed by atoms with Crippen LogP contribution in [0, 0.1) is 0 Å². The van der Waals surface area contributed by atoms with Crippen LogP contribution in [0.3, 0.4) is 0 Å². The van der Waals surface area contributed by atoms with Gasteiger partial charge in [-0.1, -0.05) is 48.5 Å². The molecule has 6 heteroatoms. The number of carboxylic acids is 1. The third-order valence-electron chi connectivity index (χ3n) is 5.00. The zero-order chi connectivity index (χ0) is 19.4. The van der Waals surface area contributed by atoms with Crippen LogP contribution >= 0.6 is 11.6 Å². The number of fused-ring (bicyclic) bond motifs is 3. The first-order chi connectivity index (χ1) is 13.0. The van der Waals surface area contributed by atoms with Gasteiger partial charge in [-0.15, -0.1) is 11.6 Å². The number of alkyl halides is 1. The number of ether oxygens (including phenoxy) is 1. The maximum absolute atomic E-state index is 12.3. The monoisotopic (exact) mass is 387 g/mol. The first kappa shape index (κ1) is 19.2. The topological polar surface area (TPSA) is 75.6 Å². The molecule has 5 nitrogen and oxygen atoms in total. The molecule has 0 aromatic heterocycles. The van der Waals surface area contributed by atoms with E-state index in [0.29, 0.717) is 12.3 Å². The van der Waals surface area contributed by atoms with Crippen LogP contribution < -0.4 is 5.32 Å². The molecule has 2 N–H and O–H groups in total. The number of carbonyl (C=O) groups excluding carboxylic acids is 1. The van der Waals surface area contributed by atoms with Gasteiger partial charge in [-0.25, -0.2) is 9.59 Å². The summed E-state index contributed by atoms with van der Waals surface area (Å²) >= 11 is 5.65. The fourth-order valence-corrected chi connectivity index (χ4v) is 3.64. The Morgan fingerprint density at radius 1 is 1.11 bits per heavy atom. The van der Waals surface area contributed by atoms with Crippen molar-refractivity contribution >= 4 is 23.7 Å². The zero-order valence-electron chi connectivity index (χ0n) is 15.1. The van der Waals surface area contributed by atoms with Gasteiger partial charge in [0.1, 0.15) is 12.1 Å². The number of aliphatic carboxylic acids is 1. The summed E-state index contributed by atoms with van der Waals surface area (Å²) in [4.78, 5) is 23.8. The SMILES string of the molecule is CC(CCCCl)(NC(=O)OCC1c2ccccc2-c2ccccc21)C(=O)O. The lowest BCUT2D eigenvalue weighted by atomic mass is 9.96. The summed E-state index contributed by atoms with van der Waals surface area (Å²) in [7, 11) is 0. The summed E-state index contributed by atoms with van der Waals surface area (Å²) in [5.41, 5.74) is 3.08. The first-order valence-corrected chi connectivity index (χ1v) is 9.42. The molecule has 0 spiro atoms. The minimum absolute atomic E-state index is 0.0675. The quantitative estimate of drug-likeness (QED) is 0.691. The highest BCUT2D eigenvalue weighted by Gasteiger charge is 2.35. The summed E-state index contributed by atoms with van der Waals surface area (Å²) < 4.78 is 5.42. The fraction of sp³-hybridized carbons (Fsp3) is 0.333. The van der Waals surface area contributed by atoms with E-state index in [1.165, 1.54) is 6.92 Å². The van der Waals surface area contributed by atoms with Gasteiger partial charge >= 0.3 is 12.1 Å². The maximum atomic E-state index is 12.3. The molecule has 0 aliphatic heterocycles. The van der Waals surface area contributed by atoms with E-state index in [2.05, 4.69) is 17.4 Å². The summed E-state index contributed by atoms with van der Waals surface area (Å²) in [6.07, 6.45) is -0.0272. The predicted molar refractivity (Wildman–Crippen MR) is 104 cm³/mol. The molecule has 3 rings (SSSR count). The number of benzene rings is 2. The number of hydrogen-bond acceptors (Lipinski definition) is 3. The van der Waals surface area contributed by atoms with E-state index in [1.54, 1.807) is 0 Å². The summed E-state index contributed by atoms with van der Waals surface area (Å²) in [5.74, 6) is -0.849. The molecule has 1 aliphatic carbocycles. The number of hydrogen-bond donors (Lipinski definition) is 2. The van der Waals surface area contributed by atoms with Crippen molar-refractivity contribution < 1.29 is 19.4 Å². The van der Waals surface area contributed by atoms with Crippen molar-refractivity contribution in [3.8, 4) is 11.1 Å². The smallest absolute Gasteiger partial charge is 0.408 e. The van der Waals surface area contributed by atoms with Crippen LogP contribution in [0.4, 0.5) is 4.79 Å². The number of rotatable bonds is 7. The highest BCUT2D eigenvalue weighted by molar-refractivity contribution is 6.17. The largest absolute Gasteiger partial charge is 0.480 e. The van der Waals surface area contributed by atoms with Crippen LogP contribution in [-0.2, 0) is 9.53 Å². The highest BCUT2D eigenvalue weighted by atomic mass is 35.5. The van der Waals surface area contributed by atoms with E-state index in [9.17, 15) is 14.7 Å². The van der Waals surface area contributed by atoms with Gasteiger partial charge in [-0.2, -0.15) is 0 Å². The van der Waals surface area contributed by atoms with Gasteiger partial charge in [-0.05, 0) is 42.0 Å². The number of amides is 1. The molecule has 0 heterocycles. The van der Waals surface area contributed by atoms with Crippen LogP contribution in [0.15, 0.2) is 48.5 Å². The minimum Gasteiger partial charge on any atom is -0.480 e. The summed E-state index contributed by atoms with van der Waals surface area (Å²) in [5, 5.41) is 11.9. The van der Waals surface area contributed by atoms with Crippen LogP contribution in [-0.4, -0.2) is 35.2 Å². The normalized spacial score (nSPS) is 14.7. The number of carboxylic acid groups (broad SMARTS) is 1. The molecule has 0 saturated carbocycles. The second-order valence-electron chi connectivity index (χ2n) is 6.88. The van der Waals surface area contributed by atoms with Crippen molar-refractivity contribution in [3.63, 3.8) is 0 Å². The molecular weight excluding hydrogens is 366 g/mol. The van der Waals surface area contributed by atoms with Crippen molar-refractivity contribution in [2.24, 2.45) is 0 Å². The zero-order valence-corrected chi connectivity index (χ0v) is 15.8. The maximum Gasteiger partial charge on any atom is 0.408 e. The molecule has 2 aromatic carbocycles. The van der Waals surface area contributed by atoms with Gasteiger partial charge in [0.15, 0.2) is 0 Å². The van der Waals surface area contributed by atoms with Crippen molar-refractivity contribution in [1.82, 2.24) is 5.32 Å². The summed E-state index contributed by atoms with van der Waals surface area (Å²) in [6.45, 7) is 1.61. The number of halogens is 1. The lowest BCUT2D eigenvalue weighted by Crippen LogP contribution is -2.52. The standard InChI is InChI=1S/C21H22ClNO4/c1-21(19(24)25,11-6-12-22)23-20(26)27-13-18-16-9-4-2-7-14(16)15-8-3-5-10-17(15)18/h2-5,7-10,18H,6,11-13H2,1H3,(H,23,26)(H,24,25). The van der Waals surface area contributed by atoms with Crippen LogP contribution in [0.1, 0.15) is 36.8 Å². The first-order valence-electron chi connectivity index (χ1n) is 8.89. The molecule has 0 saturated heterocycles. The Labute approximate surface area is 163 Å². The van der Waals surface area contributed by atoms with Crippen LogP contribution in [0.5, 0.6) is 0 Å². The van der Waals surface area contributed by atoms with E-state index in [1.807, 2.05) is 36.4 Å². The molecule has 1 unspecified atom stereocenters. The molecule has 1 amide bonds. The number of carbonyl (C=O) groups is 2. The number of alkyl carbamates (subject to hydrolysis) is 1. The Hall–Kier alpha value is -2.53. The van der Waals surface area contributed by atoms with Gasteiger partial charge in [0.2, 0.25) is 0 Å². The molecule has 1 aliphatic rings. The highest BCUT2D eigenvalue weighted by Crippen LogP contribution is 2.44.